The summed E-state index contributed by atoms with van der Waals surface area (Å²) < 4.78 is 44.7. The fourth-order valence-corrected chi connectivity index (χ4v) is 3.07. The number of rotatable bonds is 4. The number of hydrogen-bond acceptors (Lipinski definition) is 4. The molecule has 0 fully saturated rings. The van der Waals surface area contributed by atoms with Gasteiger partial charge in [0.05, 0.1) is 18.7 Å². The lowest BCUT2D eigenvalue weighted by molar-refractivity contribution is -0.137. The fraction of sp³-hybridized carbons (Fsp3) is 0.450. The lowest BCUT2D eigenvalue weighted by Crippen LogP contribution is -2.47. The Morgan fingerprint density at radius 1 is 1.33 bits per heavy atom. The summed E-state index contributed by atoms with van der Waals surface area (Å²) in [6, 6.07) is 4.91. The smallest absolute Gasteiger partial charge is 0.377 e. The largest absolute Gasteiger partial charge is 0.416 e. The van der Waals surface area contributed by atoms with Gasteiger partial charge < -0.3 is 15.4 Å². The first kappa shape index (κ1) is 21.6. The first-order valence-electron chi connectivity index (χ1n) is 9.44. The molecule has 0 radical (unpaired) electrons. The molecule has 0 aliphatic carbocycles. The molecule has 2 heterocycles. The Kier molecular flexibility index (Phi) is 6.95. The van der Waals surface area contributed by atoms with Gasteiger partial charge in [-0.1, -0.05) is 11.8 Å². The van der Waals surface area contributed by atoms with Crippen molar-refractivity contribution < 1.29 is 17.9 Å². The van der Waals surface area contributed by atoms with Crippen molar-refractivity contribution in [2.24, 2.45) is 4.99 Å². The van der Waals surface area contributed by atoms with Crippen molar-refractivity contribution in [1.82, 2.24) is 25.4 Å². The lowest BCUT2D eigenvalue weighted by atomic mass is 10.1. The number of fused-ring (bicyclic) bond motifs is 1. The van der Waals surface area contributed by atoms with Crippen LogP contribution in [0.2, 0.25) is 0 Å². The molecule has 0 saturated heterocycles. The number of alkyl halides is 3. The Labute approximate surface area is 172 Å². The zero-order valence-corrected chi connectivity index (χ0v) is 16.8. The van der Waals surface area contributed by atoms with Gasteiger partial charge in [-0.3, -0.25) is 4.99 Å². The summed E-state index contributed by atoms with van der Waals surface area (Å²) in [7, 11) is 3.28. The molecule has 1 aliphatic heterocycles. The van der Waals surface area contributed by atoms with Crippen molar-refractivity contribution >= 4 is 5.96 Å². The van der Waals surface area contributed by atoms with Gasteiger partial charge in [0.25, 0.3) is 0 Å². The molecule has 1 aliphatic rings. The molecule has 30 heavy (non-hydrogen) atoms. The second-order valence-electron chi connectivity index (χ2n) is 6.74. The number of halogens is 3. The maximum Gasteiger partial charge on any atom is 0.416 e. The molecule has 1 aromatic heterocycles. The average molecular weight is 420 g/mol. The Morgan fingerprint density at radius 3 is 2.77 bits per heavy atom. The normalized spacial score (nSPS) is 16.4. The summed E-state index contributed by atoms with van der Waals surface area (Å²) in [5, 5.41) is 10.9. The Hall–Kier alpha value is -3.06. The molecule has 1 aromatic carbocycles. The first-order valence-corrected chi connectivity index (χ1v) is 9.44. The van der Waals surface area contributed by atoms with E-state index in [1.807, 2.05) is 4.68 Å². The van der Waals surface area contributed by atoms with Gasteiger partial charge in [0.2, 0.25) is 0 Å². The van der Waals surface area contributed by atoms with Gasteiger partial charge in [-0.25, -0.2) is 9.67 Å². The van der Waals surface area contributed by atoms with Crippen LogP contribution in [-0.4, -0.2) is 47.5 Å². The van der Waals surface area contributed by atoms with E-state index in [1.54, 1.807) is 14.2 Å². The number of ether oxygens (including phenoxy) is 1. The highest BCUT2D eigenvalue weighted by Crippen LogP contribution is 2.28. The van der Waals surface area contributed by atoms with Gasteiger partial charge in [0.15, 0.2) is 11.8 Å². The summed E-state index contributed by atoms with van der Waals surface area (Å²) in [5.74, 6) is 7.95. The predicted octanol–water partition coefficient (Wildman–Crippen LogP) is 1.97. The zero-order valence-electron chi connectivity index (χ0n) is 16.8. The minimum atomic E-state index is -4.34. The minimum absolute atomic E-state index is 0.142. The van der Waals surface area contributed by atoms with Gasteiger partial charge >= 0.3 is 6.18 Å². The third-order valence-corrected chi connectivity index (χ3v) is 4.53. The number of aliphatic imine (C=N–C) groups is 1. The molecule has 0 saturated carbocycles. The Bertz CT molecular complexity index is 940. The molecular formula is C20H23F3N6O. The highest BCUT2D eigenvalue weighted by molar-refractivity contribution is 5.80. The third kappa shape index (κ3) is 5.73. The standard InChI is InChI=1S/C20H23F3N6O/c1-24-19(25-11-3-4-14-5-7-15(8-6-14)20(21,22)23)26-16-9-10-18-27-17(13-30-2)28-29(18)12-16/h5-8,16H,9-13H2,1-2H3,(H2,24,25,26). The van der Waals surface area contributed by atoms with E-state index in [0.717, 1.165) is 30.8 Å². The van der Waals surface area contributed by atoms with Crippen molar-refractivity contribution in [2.75, 3.05) is 20.7 Å². The SMILES string of the molecule is CN=C(NCC#Cc1ccc(C(F)(F)F)cc1)NC1CCc2nc(COC)nn2C1. The van der Waals surface area contributed by atoms with Gasteiger partial charge in [-0.05, 0) is 30.7 Å². The quantitative estimate of drug-likeness (QED) is 0.449. The number of guanidine groups is 1. The molecule has 2 N–H and O–H groups in total. The van der Waals surface area contributed by atoms with Crippen LogP contribution in [0.5, 0.6) is 0 Å². The van der Waals surface area contributed by atoms with E-state index in [1.165, 1.54) is 12.1 Å². The van der Waals surface area contributed by atoms with Crippen LogP contribution in [0.3, 0.4) is 0 Å². The number of hydrogen-bond donors (Lipinski definition) is 2. The van der Waals surface area contributed by atoms with Crippen molar-refractivity contribution in [2.45, 2.75) is 38.2 Å². The Balaban J connectivity index is 1.49. The number of nitrogens with one attached hydrogen (secondary N) is 2. The van der Waals surface area contributed by atoms with E-state index < -0.39 is 11.7 Å². The lowest BCUT2D eigenvalue weighted by Gasteiger charge is -2.25. The summed E-state index contributed by atoms with van der Waals surface area (Å²) in [6.45, 7) is 1.36. The van der Waals surface area contributed by atoms with Crippen LogP contribution in [-0.2, 0) is 30.5 Å². The molecule has 0 bridgehead atoms. The predicted molar refractivity (Wildman–Crippen MR) is 106 cm³/mol. The number of nitrogens with zero attached hydrogens (tertiary/aromatic N) is 4. The molecule has 2 aromatic rings. The fourth-order valence-electron chi connectivity index (χ4n) is 3.07. The van der Waals surface area contributed by atoms with Crippen LogP contribution in [0, 0.1) is 11.8 Å². The average Bonchev–Trinajstić information content (AvgIpc) is 3.12. The molecule has 0 amide bonds. The minimum Gasteiger partial charge on any atom is -0.377 e. The maximum atomic E-state index is 12.6. The number of aromatic nitrogens is 3. The molecule has 7 nitrogen and oxygen atoms in total. The summed E-state index contributed by atoms with van der Waals surface area (Å²) >= 11 is 0. The van der Waals surface area contributed by atoms with E-state index >= 15 is 0 Å². The van der Waals surface area contributed by atoms with Crippen LogP contribution in [0.1, 0.15) is 29.2 Å². The monoisotopic (exact) mass is 420 g/mol. The maximum absolute atomic E-state index is 12.6. The summed E-state index contributed by atoms with van der Waals surface area (Å²) in [4.78, 5) is 8.65. The van der Waals surface area contributed by atoms with Gasteiger partial charge in [0, 0.05) is 32.2 Å². The van der Waals surface area contributed by atoms with Crippen LogP contribution in [0.25, 0.3) is 0 Å². The molecular weight excluding hydrogens is 397 g/mol. The van der Waals surface area contributed by atoms with Gasteiger partial charge in [-0.15, -0.1) is 0 Å². The summed E-state index contributed by atoms with van der Waals surface area (Å²) in [6.07, 6.45) is -2.65. The van der Waals surface area contributed by atoms with Crippen molar-refractivity contribution in [3.05, 3.63) is 47.0 Å². The molecule has 1 atom stereocenters. The molecule has 3 rings (SSSR count). The molecule has 10 heteroatoms. The van der Waals surface area contributed by atoms with Crippen LogP contribution in [0.4, 0.5) is 13.2 Å². The number of aryl methyl sites for hydroxylation is 1. The summed E-state index contributed by atoms with van der Waals surface area (Å²) in [5.41, 5.74) is -0.168. The topological polar surface area (TPSA) is 76.4 Å². The van der Waals surface area contributed by atoms with Gasteiger partial charge in [-0.2, -0.15) is 18.3 Å². The number of benzene rings is 1. The van der Waals surface area contributed by atoms with Crippen molar-refractivity contribution in [3.63, 3.8) is 0 Å². The van der Waals surface area contributed by atoms with E-state index in [-0.39, 0.29) is 6.04 Å². The van der Waals surface area contributed by atoms with E-state index in [4.69, 9.17) is 4.74 Å². The molecule has 0 spiro atoms. The first-order chi connectivity index (χ1) is 14.4. The highest BCUT2D eigenvalue weighted by atomic mass is 19.4. The highest BCUT2D eigenvalue weighted by Gasteiger charge is 2.29. The molecule has 1 unspecified atom stereocenters. The van der Waals surface area contributed by atoms with Crippen molar-refractivity contribution in [1.29, 1.82) is 0 Å². The zero-order chi connectivity index (χ0) is 21.6. The van der Waals surface area contributed by atoms with Crippen LogP contribution >= 0.6 is 0 Å². The third-order valence-electron chi connectivity index (χ3n) is 4.53. The number of methoxy groups -OCH3 is 1. The van der Waals surface area contributed by atoms with E-state index in [2.05, 4.69) is 37.5 Å². The van der Waals surface area contributed by atoms with E-state index in [0.29, 0.717) is 37.0 Å². The van der Waals surface area contributed by atoms with Gasteiger partial charge in [0.1, 0.15) is 12.4 Å². The van der Waals surface area contributed by atoms with Crippen LogP contribution in [0.15, 0.2) is 29.3 Å². The second kappa shape index (κ2) is 9.63. The Morgan fingerprint density at radius 2 is 2.10 bits per heavy atom. The molecule has 160 valence electrons. The van der Waals surface area contributed by atoms with E-state index in [9.17, 15) is 13.2 Å². The second-order valence-corrected chi connectivity index (χ2v) is 6.74. The van der Waals surface area contributed by atoms with Crippen molar-refractivity contribution in [3.8, 4) is 11.8 Å². The van der Waals surface area contributed by atoms with Crippen LogP contribution < -0.4 is 10.6 Å².